The van der Waals surface area contributed by atoms with Crippen LogP contribution in [0.4, 0.5) is 24.5 Å². The molecule has 1 aromatic carbocycles. The minimum Gasteiger partial charge on any atom is -0.371 e. The van der Waals surface area contributed by atoms with Gasteiger partial charge in [0.05, 0.1) is 5.56 Å². The van der Waals surface area contributed by atoms with Crippen molar-refractivity contribution in [2.75, 3.05) is 23.3 Å². The molecular weight excluding hydrogens is 343 g/mol. The molecule has 0 spiro atoms. The zero-order valence-corrected chi connectivity index (χ0v) is 14.4. The molecule has 3 rings (SSSR count). The Kier molecular flexibility index (Phi) is 5.15. The molecular formula is C19H20F3N3O. The number of pyridine rings is 1. The number of aromatic nitrogens is 1. The highest BCUT2D eigenvalue weighted by molar-refractivity contribution is 6.03. The van der Waals surface area contributed by atoms with Crippen molar-refractivity contribution in [2.45, 2.75) is 25.9 Å². The number of alkyl halides is 3. The lowest BCUT2D eigenvalue weighted by molar-refractivity contribution is -0.137. The van der Waals surface area contributed by atoms with E-state index >= 15 is 0 Å². The first-order valence-corrected chi connectivity index (χ1v) is 8.52. The lowest BCUT2D eigenvalue weighted by Gasteiger charge is -2.32. The quantitative estimate of drug-likeness (QED) is 0.868. The summed E-state index contributed by atoms with van der Waals surface area (Å²) in [5.74, 6) is 0.257. The molecule has 1 aromatic heterocycles. The van der Waals surface area contributed by atoms with E-state index in [1.807, 2.05) is 6.07 Å². The van der Waals surface area contributed by atoms with E-state index in [4.69, 9.17) is 0 Å². The molecule has 138 valence electrons. The van der Waals surface area contributed by atoms with Crippen LogP contribution in [0.2, 0.25) is 0 Å². The summed E-state index contributed by atoms with van der Waals surface area (Å²) in [5, 5.41) is 2.59. The second-order valence-electron chi connectivity index (χ2n) is 6.60. The largest absolute Gasteiger partial charge is 0.416 e. The summed E-state index contributed by atoms with van der Waals surface area (Å²) < 4.78 is 37.8. The first-order valence-electron chi connectivity index (χ1n) is 8.52. The van der Waals surface area contributed by atoms with Crippen LogP contribution in [0.25, 0.3) is 0 Å². The highest BCUT2D eigenvalue weighted by Crippen LogP contribution is 2.30. The zero-order chi connectivity index (χ0) is 18.7. The van der Waals surface area contributed by atoms with Crippen LogP contribution < -0.4 is 10.2 Å². The summed E-state index contributed by atoms with van der Waals surface area (Å²) in [6, 6.07) is 7.93. The monoisotopic (exact) mass is 363 g/mol. The minimum atomic E-state index is -4.40. The van der Waals surface area contributed by atoms with E-state index in [0.717, 1.165) is 43.8 Å². The number of piperidine rings is 1. The molecule has 7 heteroatoms. The predicted octanol–water partition coefficient (Wildman–Crippen LogP) is 4.59. The Morgan fingerprint density at radius 2 is 1.81 bits per heavy atom. The van der Waals surface area contributed by atoms with Gasteiger partial charge < -0.3 is 10.2 Å². The van der Waals surface area contributed by atoms with Crippen molar-refractivity contribution < 1.29 is 18.0 Å². The Morgan fingerprint density at radius 3 is 2.42 bits per heavy atom. The van der Waals surface area contributed by atoms with E-state index in [1.165, 1.54) is 12.1 Å². The highest BCUT2D eigenvalue weighted by Gasteiger charge is 2.30. The van der Waals surface area contributed by atoms with Crippen LogP contribution in [0, 0.1) is 5.92 Å². The van der Waals surface area contributed by atoms with E-state index in [0.29, 0.717) is 11.6 Å². The Bertz CT molecular complexity index is 766. The number of amides is 1. The number of anilines is 2. The molecule has 26 heavy (non-hydrogen) atoms. The fourth-order valence-electron chi connectivity index (χ4n) is 2.94. The maximum Gasteiger partial charge on any atom is 0.416 e. The number of carbonyl (C=O) groups excluding carboxylic acids is 1. The van der Waals surface area contributed by atoms with Crippen molar-refractivity contribution in [3.8, 4) is 0 Å². The molecule has 2 aromatic rings. The van der Waals surface area contributed by atoms with Crippen molar-refractivity contribution in [3.63, 3.8) is 0 Å². The van der Waals surface area contributed by atoms with Crippen LogP contribution in [0.5, 0.6) is 0 Å². The third kappa shape index (κ3) is 4.33. The molecule has 4 nitrogen and oxygen atoms in total. The molecule has 0 unspecified atom stereocenters. The van der Waals surface area contributed by atoms with Crippen LogP contribution in [0.15, 0.2) is 42.6 Å². The van der Waals surface area contributed by atoms with Crippen LogP contribution in [0.3, 0.4) is 0 Å². The van der Waals surface area contributed by atoms with E-state index in [9.17, 15) is 18.0 Å². The van der Waals surface area contributed by atoms with Gasteiger partial charge in [0.15, 0.2) is 0 Å². The predicted molar refractivity (Wildman–Crippen MR) is 94.2 cm³/mol. The van der Waals surface area contributed by atoms with Gasteiger partial charge in [0.1, 0.15) is 5.69 Å². The van der Waals surface area contributed by atoms with Gasteiger partial charge in [-0.3, -0.25) is 9.78 Å². The van der Waals surface area contributed by atoms with Gasteiger partial charge in [-0.25, -0.2) is 0 Å². The molecule has 2 heterocycles. The molecule has 0 aliphatic carbocycles. The molecule has 1 saturated heterocycles. The molecule has 0 bridgehead atoms. The maximum atomic E-state index is 12.6. The number of benzene rings is 1. The third-order valence-electron chi connectivity index (χ3n) is 4.60. The van der Waals surface area contributed by atoms with Gasteiger partial charge in [-0.15, -0.1) is 0 Å². The highest BCUT2D eigenvalue weighted by atomic mass is 19.4. The number of nitrogens with one attached hydrogen (secondary N) is 1. The number of rotatable bonds is 3. The summed E-state index contributed by atoms with van der Waals surface area (Å²) in [6.07, 6.45) is -0.607. The Balaban J connectivity index is 1.69. The average Bonchev–Trinajstić information content (AvgIpc) is 2.62. The van der Waals surface area contributed by atoms with Gasteiger partial charge >= 0.3 is 6.18 Å². The van der Waals surface area contributed by atoms with Gasteiger partial charge in [-0.05, 0) is 55.2 Å². The van der Waals surface area contributed by atoms with Crippen LogP contribution in [0.1, 0.15) is 35.8 Å². The van der Waals surface area contributed by atoms with Gasteiger partial charge in [0.25, 0.3) is 5.91 Å². The summed E-state index contributed by atoms with van der Waals surface area (Å²) in [6.45, 7) is 4.10. The van der Waals surface area contributed by atoms with E-state index in [-0.39, 0.29) is 5.69 Å². The Hall–Kier alpha value is -2.57. The van der Waals surface area contributed by atoms with Crippen molar-refractivity contribution in [1.82, 2.24) is 4.98 Å². The van der Waals surface area contributed by atoms with Crippen molar-refractivity contribution >= 4 is 17.3 Å². The number of hydrogen-bond donors (Lipinski definition) is 1. The summed E-state index contributed by atoms with van der Waals surface area (Å²) in [7, 11) is 0. The number of hydrogen-bond acceptors (Lipinski definition) is 3. The lowest BCUT2D eigenvalue weighted by Crippen LogP contribution is -2.33. The first kappa shape index (κ1) is 18.2. The maximum absolute atomic E-state index is 12.6. The fraction of sp³-hybridized carbons (Fsp3) is 0.368. The molecule has 1 fully saturated rings. The smallest absolute Gasteiger partial charge is 0.371 e. The zero-order valence-electron chi connectivity index (χ0n) is 14.4. The first-order chi connectivity index (χ1) is 12.3. The van der Waals surface area contributed by atoms with E-state index in [2.05, 4.69) is 22.1 Å². The Labute approximate surface area is 150 Å². The minimum absolute atomic E-state index is 0.237. The summed E-state index contributed by atoms with van der Waals surface area (Å²) >= 11 is 0. The van der Waals surface area contributed by atoms with Crippen molar-refractivity contribution in [1.29, 1.82) is 0 Å². The second kappa shape index (κ2) is 7.35. The van der Waals surface area contributed by atoms with Crippen LogP contribution in [-0.4, -0.2) is 24.0 Å². The molecule has 1 aliphatic rings. The van der Waals surface area contributed by atoms with Crippen LogP contribution >= 0.6 is 0 Å². The molecule has 0 saturated carbocycles. The van der Waals surface area contributed by atoms with Crippen molar-refractivity contribution in [3.05, 3.63) is 53.9 Å². The lowest BCUT2D eigenvalue weighted by atomic mass is 9.99. The summed E-state index contributed by atoms with van der Waals surface area (Å²) in [5.41, 5.74) is 0.711. The number of halogens is 3. The summed E-state index contributed by atoms with van der Waals surface area (Å²) in [4.78, 5) is 18.7. The number of carbonyl (C=O) groups is 1. The van der Waals surface area contributed by atoms with E-state index < -0.39 is 17.6 Å². The van der Waals surface area contributed by atoms with Gasteiger partial charge in [0.2, 0.25) is 0 Å². The van der Waals surface area contributed by atoms with E-state index in [1.54, 1.807) is 12.3 Å². The molecule has 0 radical (unpaired) electrons. The third-order valence-corrected chi connectivity index (χ3v) is 4.60. The Morgan fingerprint density at radius 1 is 1.15 bits per heavy atom. The van der Waals surface area contributed by atoms with Gasteiger partial charge in [-0.2, -0.15) is 13.2 Å². The topological polar surface area (TPSA) is 45.2 Å². The molecule has 1 aliphatic heterocycles. The second-order valence-corrected chi connectivity index (χ2v) is 6.60. The van der Waals surface area contributed by atoms with Gasteiger partial charge in [0, 0.05) is 30.7 Å². The molecule has 1 amide bonds. The molecule has 0 atom stereocenters. The normalized spacial score (nSPS) is 15.8. The average molecular weight is 363 g/mol. The van der Waals surface area contributed by atoms with Gasteiger partial charge in [-0.1, -0.05) is 6.92 Å². The SMILES string of the molecule is CC1CCN(c2ccnc(C(=O)Nc3ccc(C(F)(F)F)cc3)c2)CC1. The van der Waals surface area contributed by atoms with Crippen molar-refractivity contribution in [2.24, 2.45) is 5.92 Å². The fourth-order valence-corrected chi connectivity index (χ4v) is 2.94. The standard InChI is InChI=1S/C19H20F3N3O/c1-13-7-10-25(11-8-13)16-6-9-23-17(12-16)18(26)24-15-4-2-14(3-5-15)19(20,21)22/h2-6,9,12-13H,7-8,10-11H2,1H3,(H,24,26). The van der Waals surface area contributed by atoms with Crippen LogP contribution in [-0.2, 0) is 6.18 Å². The number of nitrogens with zero attached hydrogens (tertiary/aromatic N) is 2. The molecule has 1 N–H and O–H groups in total.